The number of H-pyrrole nitrogens is 1. The topological polar surface area (TPSA) is 86.9 Å². The van der Waals surface area contributed by atoms with Crippen molar-refractivity contribution in [1.82, 2.24) is 10.2 Å². The number of aromatic nitrogens is 2. The lowest BCUT2D eigenvalue weighted by Gasteiger charge is -2.10. The molecule has 0 fully saturated rings. The zero-order valence-corrected chi connectivity index (χ0v) is 18.0. The van der Waals surface area contributed by atoms with Gasteiger partial charge >= 0.3 is 6.03 Å². The van der Waals surface area contributed by atoms with Crippen LogP contribution in [0.3, 0.4) is 0 Å². The second-order valence-corrected chi connectivity index (χ2v) is 7.80. The molecule has 3 N–H and O–H groups in total. The second-order valence-electron chi connectivity index (χ2n) is 7.80. The zero-order chi connectivity index (χ0) is 22.3. The summed E-state index contributed by atoms with van der Waals surface area (Å²) in [6, 6.07) is 22.7. The summed E-state index contributed by atoms with van der Waals surface area (Å²) in [5.74, 6) is 0. The molecule has 0 atom stereocenters. The molecule has 162 valence electrons. The van der Waals surface area contributed by atoms with Crippen LogP contribution < -0.4 is 16.2 Å². The summed E-state index contributed by atoms with van der Waals surface area (Å²) in [5.41, 5.74) is 4.28. The smallest absolute Gasteiger partial charge is 0.308 e. The van der Waals surface area contributed by atoms with Gasteiger partial charge in [0.15, 0.2) is 0 Å². The molecule has 0 radical (unpaired) electrons. The first kappa shape index (κ1) is 21.3. The lowest BCUT2D eigenvalue weighted by molar-refractivity contribution is 0.262. The second kappa shape index (κ2) is 9.92. The number of carbonyl (C=O) groups is 1. The number of nitrogens with one attached hydrogen (secondary N) is 3. The number of hydrogen-bond donors (Lipinski definition) is 3. The van der Waals surface area contributed by atoms with Gasteiger partial charge in [0.05, 0.1) is 11.1 Å². The van der Waals surface area contributed by atoms with Crippen molar-refractivity contribution in [3.63, 3.8) is 0 Å². The highest BCUT2D eigenvalue weighted by molar-refractivity contribution is 5.99. The molecule has 1 aromatic heterocycles. The lowest BCUT2D eigenvalue weighted by atomic mass is 10.0. The molecule has 0 spiro atoms. The standard InChI is InChI=1S/C26H26N4O2/c1-2-3-7-18-12-14-20(15-13-18)27-26(32)28-21-9-6-8-19(16-21)17-24-22-10-4-5-11-23(22)25(31)30-29-24/h4-6,8-16H,2-3,7,17H2,1H3,(H,30,31)(H2,27,28,32). The highest BCUT2D eigenvalue weighted by atomic mass is 16.2. The average molecular weight is 427 g/mol. The Bertz CT molecular complexity index is 1280. The largest absolute Gasteiger partial charge is 0.323 e. The summed E-state index contributed by atoms with van der Waals surface area (Å²) >= 11 is 0. The number of fused-ring (bicyclic) bond motifs is 1. The van der Waals surface area contributed by atoms with Gasteiger partial charge in [-0.1, -0.05) is 55.8 Å². The molecule has 4 rings (SSSR count). The number of urea groups is 1. The van der Waals surface area contributed by atoms with E-state index in [1.165, 1.54) is 5.56 Å². The number of amides is 2. The Kier molecular flexibility index (Phi) is 6.60. The molecule has 0 unspecified atom stereocenters. The summed E-state index contributed by atoms with van der Waals surface area (Å²) in [6.45, 7) is 2.18. The van der Waals surface area contributed by atoms with Crippen molar-refractivity contribution >= 4 is 28.2 Å². The molecule has 32 heavy (non-hydrogen) atoms. The molecule has 4 aromatic rings. The molecular weight excluding hydrogens is 400 g/mol. The van der Waals surface area contributed by atoms with Crippen LogP contribution in [0.2, 0.25) is 0 Å². The fourth-order valence-electron chi connectivity index (χ4n) is 3.69. The first-order valence-corrected chi connectivity index (χ1v) is 10.8. The Morgan fingerprint density at radius 2 is 1.62 bits per heavy atom. The molecule has 0 aliphatic heterocycles. The number of anilines is 2. The lowest BCUT2D eigenvalue weighted by Crippen LogP contribution is -2.19. The number of benzene rings is 3. The predicted octanol–water partition coefficient (Wildman–Crippen LogP) is 5.50. The third kappa shape index (κ3) is 5.21. The molecule has 0 bridgehead atoms. The van der Waals surface area contributed by atoms with E-state index in [9.17, 15) is 9.59 Å². The van der Waals surface area contributed by atoms with Crippen LogP contribution in [0, 0.1) is 0 Å². The number of nitrogens with zero attached hydrogens (tertiary/aromatic N) is 1. The minimum Gasteiger partial charge on any atom is -0.308 e. The summed E-state index contributed by atoms with van der Waals surface area (Å²) in [5, 5.41) is 14.0. The van der Waals surface area contributed by atoms with Crippen molar-refractivity contribution < 1.29 is 4.79 Å². The van der Waals surface area contributed by atoms with E-state index in [1.54, 1.807) is 6.07 Å². The molecule has 0 aliphatic carbocycles. The van der Waals surface area contributed by atoms with Crippen LogP contribution in [0.4, 0.5) is 16.2 Å². The van der Waals surface area contributed by atoms with Gasteiger partial charge in [-0.25, -0.2) is 9.89 Å². The molecule has 6 heteroatoms. The molecule has 2 amide bonds. The average Bonchev–Trinajstić information content (AvgIpc) is 2.81. The van der Waals surface area contributed by atoms with Crippen molar-refractivity contribution in [2.45, 2.75) is 32.6 Å². The number of unbranched alkanes of at least 4 members (excludes halogenated alkanes) is 1. The Morgan fingerprint density at radius 1 is 0.875 bits per heavy atom. The van der Waals surface area contributed by atoms with Crippen LogP contribution in [0.15, 0.2) is 77.6 Å². The number of carbonyl (C=O) groups excluding carboxylic acids is 1. The van der Waals surface area contributed by atoms with Gasteiger partial charge in [-0.05, 0) is 54.3 Å². The maximum Gasteiger partial charge on any atom is 0.323 e. The highest BCUT2D eigenvalue weighted by Crippen LogP contribution is 2.19. The molecule has 0 aliphatic rings. The van der Waals surface area contributed by atoms with Crippen LogP contribution in [-0.4, -0.2) is 16.2 Å². The normalized spacial score (nSPS) is 10.8. The monoisotopic (exact) mass is 426 g/mol. The van der Waals surface area contributed by atoms with E-state index < -0.39 is 0 Å². The van der Waals surface area contributed by atoms with Crippen LogP contribution in [0.1, 0.15) is 36.6 Å². The maximum atomic E-state index is 12.4. The minimum atomic E-state index is -0.295. The quantitative estimate of drug-likeness (QED) is 0.365. The summed E-state index contributed by atoms with van der Waals surface area (Å²) in [7, 11) is 0. The van der Waals surface area contributed by atoms with E-state index in [0.29, 0.717) is 17.5 Å². The summed E-state index contributed by atoms with van der Waals surface area (Å²) in [4.78, 5) is 24.4. The minimum absolute atomic E-state index is 0.199. The van der Waals surface area contributed by atoms with Crippen molar-refractivity contribution in [3.05, 3.63) is 100.0 Å². The van der Waals surface area contributed by atoms with E-state index in [4.69, 9.17) is 0 Å². The molecule has 3 aromatic carbocycles. The maximum absolute atomic E-state index is 12.4. The molecular formula is C26H26N4O2. The third-order valence-electron chi connectivity index (χ3n) is 5.36. The third-order valence-corrected chi connectivity index (χ3v) is 5.36. The van der Waals surface area contributed by atoms with Crippen LogP contribution >= 0.6 is 0 Å². The number of aryl methyl sites for hydroxylation is 1. The van der Waals surface area contributed by atoms with Gasteiger partial charge in [0.1, 0.15) is 0 Å². The number of hydrogen-bond acceptors (Lipinski definition) is 3. The van der Waals surface area contributed by atoms with Crippen molar-refractivity contribution in [3.8, 4) is 0 Å². The fraction of sp³-hybridized carbons (Fsp3) is 0.192. The van der Waals surface area contributed by atoms with Crippen LogP contribution in [-0.2, 0) is 12.8 Å². The van der Waals surface area contributed by atoms with Crippen LogP contribution in [0.25, 0.3) is 10.8 Å². The summed E-state index contributed by atoms with van der Waals surface area (Å²) in [6.07, 6.45) is 3.91. The van der Waals surface area contributed by atoms with Gasteiger partial charge in [-0.2, -0.15) is 5.10 Å². The number of rotatable bonds is 7. The van der Waals surface area contributed by atoms with Gasteiger partial charge in [0, 0.05) is 23.2 Å². The Labute approximate surface area is 186 Å². The first-order chi connectivity index (χ1) is 15.6. The Hall–Kier alpha value is -3.93. The van der Waals surface area contributed by atoms with Gasteiger partial charge in [-0.3, -0.25) is 4.79 Å². The van der Waals surface area contributed by atoms with Crippen molar-refractivity contribution in [2.24, 2.45) is 0 Å². The van der Waals surface area contributed by atoms with E-state index in [-0.39, 0.29) is 11.6 Å². The zero-order valence-electron chi connectivity index (χ0n) is 18.0. The van der Waals surface area contributed by atoms with E-state index in [1.807, 2.05) is 66.7 Å². The van der Waals surface area contributed by atoms with Gasteiger partial charge in [-0.15, -0.1) is 0 Å². The molecule has 1 heterocycles. The molecule has 0 saturated heterocycles. The van der Waals surface area contributed by atoms with Crippen molar-refractivity contribution in [1.29, 1.82) is 0 Å². The van der Waals surface area contributed by atoms with Gasteiger partial charge in [0.25, 0.3) is 5.56 Å². The Balaban J connectivity index is 1.43. The van der Waals surface area contributed by atoms with Crippen molar-refractivity contribution in [2.75, 3.05) is 10.6 Å². The molecule has 6 nitrogen and oxygen atoms in total. The number of aromatic amines is 1. The molecule has 0 saturated carbocycles. The van der Waals surface area contributed by atoms with E-state index >= 15 is 0 Å². The SMILES string of the molecule is CCCCc1ccc(NC(=O)Nc2cccc(Cc3n[nH]c(=O)c4ccccc34)c2)cc1. The summed E-state index contributed by atoms with van der Waals surface area (Å²) < 4.78 is 0. The Morgan fingerprint density at radius 3 is 2.41 bits per heavy atom. The van der Waals surface area contributed by atoms with Crippen LogP contribution in [0.5, 0.6) is 0 Å². The van der Waals surface area contributed by atoms with Gasteiger partial charge in [0.2, 0.25) is 0 Å². The fourth-order valence-corrected chi connectivity index (χ4v) is 3.69. The first-order valence-electron chi connectivity index (χ1n) is 10.8. The van der Waals surface area contributed by atoms with E-state index in [2.05, 4.69) is 27.8 Å². The van der Waals surface area contributed by atoms with Gasteiger partial charge < -0.3 is 10.6 Å². The predicted molar refractivity (Wildman–Crippen MR) is 129 cm³/mol. The van der Waals surface area contributed by atoms with E-state index in [0.717, 1.165) is 41.6 Å². The highest BCUT2D eigenvalue weighted by Gasteiger charge is 2.08.